The van der Waals surface area contributed by atoms with E-state index in [2.05, 4.69) is 27.8 Å². The van der Waals surface area contributed by atoms with E-state index in [1.165, 1.54) is 18.3 Å². The monoisotopic (exact) mass is 378 g/mol. The van der Waals surface area contributed by atoms with Crippen LogP contribution in [0.3, 0.4) is 0 Å². The normalized spacial score (nSPS) is 11.0. The number of nitro benzene ring substituents is 1. The van der Waals surface area contributed by atoms with Crippen molar-refractivity contribution in [2.24, 2.45) is 4.99 Å². The zero-order valence-electron chi connectivity index (χ0n) is 12.4. The summed E-state index contributed by atoms with van der Waals surface area (Å²) in [7, 11) is 0. The molecule has 0 unspecified atom stereocenters. The Hall–Kier alpha value is -2.41. The third-order valence-electron chi connectivity index (χ3n) is 3.21. The predicted molar refractivity (Wildman–Crippen MR) is 91.8 cm³/mol. The SMILES string of the molecule is CCCc1ccc(O)c(/N=C/c2cc([N+](=O)[O-])cc(Br)c2O)c1. The first-order valence-electron chi connectivity index (χ1n) is 6.95. The second-order valence-electron chi connectivity index (χ2n) is 4.95. The van der Waals surface area contributed by atoms with Crippen molar-refractivity contribution < 1.29 is 15.1 Å². The van der Waals surface area contributed by atoms with Gasteiger partial charge < -0.3 is 10.2 Å². The maximum atomic E-state index is 10.9. The van der Waals surface area contributed by atoms with E-state index in [0.29, 0.717) is 5.69 Å². The van der Waals surface area contributed by atoms with Crippen molar-refractivity contribution in [1.82, 2.24) is 0 Å². The molecule has 0 bridgehead atoms. The van der Waals surface area contributed by atoms with Gasteiger partial charge in [0, 0.05) is 23.9 Å². The summed E-state index contributed by atoms with van der Waals surface area (Å²) in [4.78, 5) is 14.5. The number of hydrogen-bond donors (Lipinski definition) is 2. The van der Waals surface area contributed by atoms with Crippen LogP contribution in [0, 0.1) is 10.1 Å². The number of nitro groups is 1. The number of aryl methyl sites for hydroxylation is 1. The highest BCUT2D eigenvalue weighted by Gasteiger charge is 2.13. The molecule has 0 radical (unpaired) electrons. The molecule has 0 saturated carbocycles. The number of aromatic hydroxyl groups is 2. The third-order valence-corrected chi connectivity index (χ3v) is 3.81. The van der Waals surface area contributed by atoms with Crippen molar-refractivity contribution in [3.8, 4) is 11.5 Å². The smallest absolute Gasteiger partial charge is 0.271 e. The average Bonchev–Trinajstić information content (AvgIpc) is 2.51. The van der Waals surface area contributed by atoms with Crippen LogP contribution >= 0.6 is 15.9 Å². The molecule has 0 saturated heterocycles. The number of benzene rings is 2. The Bertz CT molecular complexity index is 775. The fourth-order valence-electron chi connectivity index (χ4n) is 2.06. The van der Waals surface area contributed by atoms with Crippen LogP contribution in [0.1, 0.15) is 24.5 Å². The zero-order valence-corrected chi connectivity index (χ0v) is 13.9. The Balaban J connectivity index is 2.40. The summed E-state index contributed by atoms with van der Waals surface area (Å²) >= 11 is 3.07. The molecule has 2 rings (SSSR count). The van der Waals surface area contributed by atoms with Gasteiger partial charge in [-0.1, -0.05) is 19.4 Å². The largest absolute Gasteiger partial charge is 0.506 e. The molecule has 0 fully saturated rings. The van der Waals surface area contributed by atoms with Gasteiger partial charge in [0.2, 0.25) is 0 Å². The number of rotatable bonds is 5. The topological polar surface area (TPSA) is 96.0 Å². The first kappa shape index (κ1) is 17.0. The van der Waals surface area contributed by atoms with Gasteiger partial charge in [0.25, 0.3) is 5.69 Å². The minimum atomic E-state index is -0.555. The molecule has 0 atom stereocenters. The molecule has 0 heterocycles. The number of phenolic OH excluding ortho intramolecular Hbond substituents is 2. The van der Waals surface area contributed by atoms with Gasteiger partial charge in [0.15, 0.2) is 0 Å². The lowest BCUT2D eigenvalue weighted by atomic mass is 10.1. The molecule has 6 nitrogen and oxygen atoms in total. The molecule has 0 aliphatic rings. The van der Waals surface area contributed by atoms with Crippen molar-refractivity contribution in [1.29, 1.82) is 0 Å². The quantitative estimate of drug-likeness (QED) is 0.455. The van der Waals surface area contributed by atoms with Gasteiger partial charge in [-0.25, -0.2) is 0 Å². The Morgan fingerprint density at radius 1 is 1.30 bits per heavy atom. The molecule has 2 aromatic carbocycles. The molecular formula is C16H15BrN2O4. The van der Waals surface area contributed by atoms with Gasteiger partial charge in [-0.2, -0.15) is 0 Å². The Morgan fingerprint density at radius 3 is 2.70 bits per heavy atom. The highest BCUT2D eigenvalue weighted by molar-refractivity contribution is 9.10. The number of phenols is 2. The van der Waals surface area contributed by atoms with Gasteiger partial charge in [0.05, 0.1) is 9.40 Å². The lowest BCUT2D eigenvalue weighted by Crippen LogP contribution is -1.92. The Labute approximate surface area is 141 Å². The predicted octanol–water partition coefficient (Wildman–Crippen LogP) is 4.47. The third kappa shape index (κ3) is 4.07. The molecule has 120 valence electrons. The van der Waals surface area contributed by atoms with Gasteiger partial charge in [-0.05, 0) is 40.0 Å². The average molecular weight is 379 g/mol. The van der Waals surface area contributed by atoms with E-state index in [1.807, 2.05) is 6.07 Å². The number of halogens is 1. The Kier molecular flexibility index (Phi) is 5.33. The maximum absolute atomic E-state index is 10.9. The van der Waals surface area contributed by atoms with E-state index >= 15 is 0 Å². The fraction of sp³-hybridized carbons (Fsp3) is 0.188. The first-order chi connectivity index (χ1) is 10.9. The molecule has 7 heteroatoms. The maximum Gasteiger partial charge on any atom is 0.271 e. The van der Waals surface area contributed by atoms with Crippen molar-refractivity contribution in [3.05, 3.63) is 56.0 Å². The molecule has 0 aromatic heterocycles. The van der Waals surface area contributed by atoms with Crippen molar-refractivity contribution in [2.75, 3.05) is 0 Å². The summed E-state index contributed by atoms with van der Waals surface area (Å²) in [6, 6.07) is 7.56. The second-order valence-corrected chi connectivity index (χ2v) is 5.81. The van der Waals surface area contributed by atoms with Gasteiger partial charge >= 0.3 is 0 Å². The van der Waals surface area contributed by atoms with Gasteiger partial charge in [-0.15, -0.1) is 0 Å². The molecule has 23 heavy (non-hydrogen) atoms. The number of aliphatic imine (C=N–C) groups is 1. The van der Waals surface area contributed by atoms with Crippen LogP contribution in [0.4, 0.5) is 11.4 Å². The number of non-ortho nitro benzene ring substituents is 1. The van der Waals surface area contributed by atoms with Crippen LogP contribution in [0.25, 0.3) is 0 Å². The van der Waals surface area contributed by atoms with Crippen LogP contribution in [0.15, 0.2) is 39.8 Å². The van der Waals surface area contributed by atoms with Crippen molar-refractivity contribution >= 4 is 33.5 Å². The van der Waals surface area contributed by atoms with Crippen LogP contribution in [0.5, 0.6) is 11.5 Å². The highest BCUT2D eigenvalue weighted by atomic mass is 79.9. The summed E-state index contributed by atoms with van der Waals surface area (Å²) < 4.78 is 0.206. The number of hydrogen-bond acceptors (Lipinski definition) is 5. The standard InChI is InChI=1S/C16H15BrN2O4/c1-2-3-10-4-5-15(20)14(6-10)18-9-11-7-12(19(22)23)8-13(17)16(11)21/h4-9,20-21H,2-3H2,1H3/b18-9+. The van der Waals surface area contributed by atoms with Crippen LogP contribution in [0.2, 0.25) is 0 Å². The summed E-state index contributed by atoms with van der Waals surface area (Å²) in [5.74, 6) is -0.145. The minimum absolute atomic E-state index is 0.00471. The fourth-order valence-corrected chi connectivity index (χ4v) is 2.53. The second kappa shape index (κ2) is 7.23. The highest BCUT2D eigenvalue weighted by Crippen LogP contribution is 2.33. The van der Waals surface area contributed by atoms with E-state index in [-0.39, 0.29) is 27.2 Å². The molecule has 0 amide bonds. The molecule has 0 aliphatic heterocycles. The molecule has 2 aromatic rings. The van der Waals surface area contributed by atoms with E-state index in [4.69, 9.17) is 0 Å². The summed E-state index contributed by atoms with van der Waals surface area (Å²) in [6.07, 6.45) is 3.11. The molecule has 0 spiro atoms. The number of nitrogens with zero attached hydrogens (tertiary/aromatic N) is 2. The van der Waals surface area contributed by atoms with E-state index in [1.54, 1.807) is 12.1 Å². The van der Waals surface area contributed by atoms with Gasteiger partial charge in [-0.3, -0.25) is 15.1 Å². The Morgan fingerprint density at radius 2 is 2.04 bits per heavy atom. The molecular weight excluding hydrogens is 364 g/mol. The summed E-state index contributed by atoms with van der Waals surface area (Å²) in [5, 5.41) is 30.7. The lowest BCUT2D eigenvalue weighted by Gasteiger charge is -2.04. The van der Waals surface area contributed by atoms with Crippen LogP contribution in [-0.4, -0.2) is 21.4 Å². The van der Waals surface area contributed by atoms with Crippen LogP contribution in [-0.2, 0) is 6.42 Å². The molecule has 0 aliphatic carbocycles. The van der Waals surface area contributed by atoms with Crippen LogP contribution < -0.4 is 0 Å². The summed E-state index contributed by atoms with van der Waals surface area (Å²) in [5.41, 5.74) is 1.39. The van der Waals surface area contributed by atoms with Crippen molar-refractivity contribution in [3.63, 3.8) is 0 Å². The summed E-state index contributed by atoms with van der Waals surface area (Å²) in [6.45, 7) is 2.05. The van der Waals surface area contributed by atoms with E-state index < -0.39 is 4.92 Å². The van der Waals surface area contributed by atoms with E-state index in [9.17, 15) is 20.3 Å². The minimum Gasteiger partial charge on any atom is -0.506 e. The molecule has 2 N–H and O–H groups in total. The first-order valence-corrected chi connectivity index (χ1v) is 7.74. The van der Waals surface area contributed by atoms with Crippen molar-refractivity contribution in [2.45, 2.75) is 19.8 Å². The zero-order chi connectivity index (χ0) is 17.0. The van der Waals surface area contributed by atoms with E-state index in [0.717, 1.165) is 18.4 Å². The van der Waals surface area contributed by atoms with Gasteiger partial charge in [0.1, 0.15) is 17.2 Å². The lowest BCUT2D eigenvalue weighted by molar-refractivity contribution is -0.385.